The molecule has 0 bridgehead atoms. The van der Waals surface area contributed by atoms with Gasteiger partial charge in [0.05, 0.1) is 18.3 Å². The van der Waals surface area contributed by atoms with Gasteiger partial charge in [0, 0.05) is 19.3 Å². The van der Waals surface area contributed by atoms with E-state index >= 15 is 0 Å². The Hall–Kier alpha value is -0.790. The molecule has 2 aliphatic rings. The molecule has 142 valence electrons. The van der Waals surface area contributed by atoms with Crippen LogP contribution in [0, 0.1) is 5.41 Å². The fourth-order valence-corrected chi connectivity index (χ4v) is 3.94. The molecule has 1 aromatic rings. The number of halogens is 1. The van der Waals surface area contributed by atoms with Crippen LogP contribution in [0.1, 0.15) is 76.9 Å². The monoisotopic (exact) mass is 459 g/mol. The maximum absolute atomic E-state index is 4.74. The number of hydrogen-bond acceptors (Lipinski definition) is 2. The first kappa shape index (κ1) is 20.5. The molecule has 0 spiro atoms. The first-order valence-corrected chi connectivity index (χ1v) is 9.81. The van der Waals surface area contributed by atoms with E-state index in [0.717, 1.165) is 24.7 Å². The van der Waals surface area contributed by atoms with Crippen LogP contribution in [0.25, 0.3) is 0 Å². The number of guanidine groups is 1. The summed E-state index contributed by atoms with van der Waals surface area (Å²) in [5.41, 5.74) is 1.56. The number of aromatic nitrogens is 2. The quantitative estimate of drug-likeness (QED) is 0.364. The third-order valence-corrected chi connectivity index (χ3v) is 5.90. The molecule has 0 saturated heterocycles. The second-order valence-corrected chi connectivity index (χ2v) is 7.48. The summed E-state index contributed by atoms with van der Waals surface area (Å²) in [5.74, 6) is 0.924. The molecule has 1 heterocycles. The van der Waals surface area contributed by atoms with Gasteiger partial charge in [0.2, 0.25) is 0 Å². The summed E-state index contributed by atoms with van der Waals surface area (Å²) in [6.45, 7) is 6.99. The maximum atomic E-state index is 4.74. The molecule has 0 atom stereocenters. The molecule has 3 rings (SSSR count). The second kappa shape index (κ2) is 9.78. The number of rotatable bonds is 7. The van der Waals surface area contributed by atoms with Crippen LogP contribution in [0.4, 0.5) is 0 Å². The number of aliphatic imine (C=N–C) groups is 1. The Bertz CT molecular complexity index is 538. The Morgan fingerprint density at radius 1 is 1.24 bits per heavy atom. The van der Waals surface area contributed by atoms with E-state index in [1.807, 2.05) is 0 Å². The summed E-state index contributed by atoms with van der Waals surface area (Å²) >= 11 is 0. The van der Waals surface area contributed by atoms with Crippen molar-refractivity contribution in [3.8, 4) is 0 Å². The van der Waals surface area contributed by atoms with Gasteiger partial charge in [-0.1, -0.05) is 26.2 Å². The summed E-state index contributed by atoms with van der Waals surface area (Å²) in [6.07, 6.45) is 12.7. The first-order valence-electron chi connectivity index (χ1n) is 9.81. The molecule has 2 saturated carbocycles. The lowest BCUT2D eigenvalue weighted by Crippen LogP contribution is -2.46. The van der Waals surface area contributed by atoms with Gasteiger partial charge in [0.1, 0.15) is 0 Å². The average Bonchev–Trinajstić information content (AvgIpc) is 3.22. The second-order valence-electron chi connectivity index (χ2n) is 7.48. The smallest absolute Gasteiger partial charge is 0.191 e. The van der Waals surface area contributed by atoms with E-state index in [1.54, 1.807) is 0 Å². The minimum atomic E-state index is 0. The largest absolute Gasteiger partial charge is 0.357 e. The molecule has 0 aliphatic heterocycles. The lowest BCUT2D eigenvalue weighted by atomic mass is 9.67. The van der Waals surface area contributed by atoms with Crippen LogP contribution in [0.15, 0.2) is 17.3 Å². The lowest BCUT2D eigenvalue weighted by Gasteiger charge is -2.41. The van der Waals surface area contributed by atoms with Crippen LogP contribution in [-0.2, 0) is 6.54 Å². The summed E-state index contributed by atoms with van der Waals surface area (Å²) in [4.78, 5) is 4.74. The fourth-order valence-electron chi connectivity index (χ4n) is 3.94. The molecule has 2 N–H and O–H groups in total. The molecular weight excluding hydrogens is 425 g/mol. The van der Waals surface area contributed by atoms with Gasteiger partial charge < -0.3 is 10.6 Å². The SMILES string of the molecule is CCNC(=NCc1ccn(C2CCCC2)n1)NCC1(CC)CCC1.I. The van der Waals surface area contributed by atoms with Crippen molar-refractivity contribution in [1.29, 1.82) is 0 Å². The Morgan fingerprint density at radius 3 is 2.60 bits per heavy atom. The predicted octanol–water partition coefficient (Wildman–Crippen LogP) is 4.25. The topological polar surface area (TPSA) is 54.2 Å². The maximum Gasteiger partial charge on any atom is 0.191 e. The Labute approximate surface area is 169 Å². The van der Waals surface area contributed by atoms with Crippen molar-refractivity contribution in [1.82, 2.24) is 20.4 Å². The molecule has 0 radical (unpaired) electrons. The van der Waals surface area contributed by atoms with Crippen LogP contribution in [0.2, 0.25) is 0 Å². The molecular formula is C19H34IN5. The van der Waals surface area contributed by atoms with Crippen LogP contribution >= 0.6 is 24.0 Å². The molecule has 0 amide bonds. The number of nitrogens with one attached hydrogen (secondary N) is 2. The molecule has 2 aliphatic carbocycles. The van der Waals surface area contributed by atoms with Crippen LogP contribution in [0.3, 0.4) is 0 Å². The summed E-state index contributed by atoms with van der Waals surface area (Å²) in [5, 5.41) is 11.6. The third kappa shape index (κ3) is 5.34. The number of nitrogens with zero attached hydrogens (tertiary/aromatic N) is 3. The van der Waals surface area contributed by atoms with E-state index in [1.165, 1.54) is 51.4 Å². The van der Waals surface area contributed by atoms with E-state index in [9.17, 15) is 0 Å². The van der Waals surface area contributed by atoms with Crippen LogP contribution in [0.5, 0.6) is 0 Å². The van der Waals surface area contributed by atoms with E-state index in [4.69, 9.17) is 10.1 Å². The zero-order valence-electron chi connectivity index (χ0n) is 15.8. The number of hydrogen-bond donors (Lipinski definition) is 2. The van der Waals surface area contributed by atoms with Gasteiger partial charge in [0.25, 0.3) is 0 Å². The molecule has 2 fully saturated rings. The molecule has 5 nitrogen and oxygen atoms in total. The standard InChI is InChI=1S/C19H33N5.HI/c1-3-19(11-7-12-19)15-22-18(20-4-2)21-14-16-10-13-24(23-16)17-8-5-6-9-17;/h10,13,17H,3-9,11-12,14-15H2,1-2H3,(H2,20,21,22);1H. The van der Waals surface area contributed by atoms with Gasteiger partial charge in [-0.05, 0) is 50.5 Å². The van der Waals surface area contributed by atoms with Crippen molar-refractivity contribution in [3.05, 3.63) is 18.0 Å². The summed E-state index contributed by atoms with van der Waals surface area (Å²) in [6, 6.07) is 2.72. The third-order valence-electron chi connectivity index (χ3n) is 5.90. The first-order chi connectivity index (χ1) is 11.7. The average molecular weight is 459 g/mol. The molecule has 0 unspecified atom stereocenters. The Kier molecular flexibility index (Phi) is 8.03. The van der Waals surface area contributed by atoms with Crippen LogP contribution < -0.4 is 10.6 Å². The highest BCUT2D eigenvalue weighted by Crippen LogP contribution is 2.43. The molecule has 6 heteroatoms. The van der Waals surface area contributed by atoms with Gasteiger partial charge in [-0.2, -0.15) is 5.10 Å². The minimum Gasteiger partial charge on any atom is -0.357 e. The van der Waals surface area contributed by atoms with E-state index in [2.05, 4.69) is 41.4 Å². The summed E-state index contributed by atoms with van der Waals surface area (Å²) in [7, 11) is 0. The lowest BCUT2D eigenvalue weighted by molar-refractivity contribution is 0.131. The predicted molar refractivity (Wildman–Crippen MR) is 115 cm³/mol. The Morgan fingerprint density at radius 2 is 2.00 bits per heavy atom. The van der Waals surface area contributed by atoms with Gasteiger partial charge in [-0.3, -0.25) is 4.68 Å². The van der Waals surface area contributed by atoms with Crippen molar-refractivity contribution >= 4 is 29.9 Å². The normalized spacial score (nSPS) is 20.0. The van der Waals surface area contributed by atoms with Crippen molar-refractivity contribution in [3.63, 3.8) is 0 Å². The highest BCUT2D eigenvalue weighted by molar-refractivity contribution is 14.0. The van der Waals surface area contributed by atoms with E-state index < -0.39 is 0 Å². The zero-order chi connectivity index (χ0) is 16.8. The van der Waals surface area contributed by atoms with E-state index in [0.29, 0.717) is 18.0 Å². The molecule has 25 heavy (non-hydrogen) atoms. The van der Waals surface area contributed by atoms with Crippen molar-refractivity contribution in [2.75, 3.05) is 13.1 Å². The van der Waals surface area contributed by atoms with Crippen molar-refractivity contribution < 1.29 is 0 Å². The highest BCUT2D eigenvalue weighted by atomic mass is 127. The van der Waals surface area contributed by atoms with Gasteiger partial charge in [-0.25, -0.2) is 4.99 Å². The fraction of sp³-hybridized carbons (Fsp3) is 0.789. The van der Waals surface area contributed by atoms with Gasteiger partial charge in [-0.15, -0.1) is 24.0 Å². The molecule has 1 aromatic heterocycles. The molecule has 0 aromatic carbocycles. The summed E-state index contributed by atoms with van der Waals surface area (Å²) < 4.78 is 2.15. The van der Waals surface area contributed by atoms with Crippen molar-refractivity contribution in [2.24, 2.45) is 10.4 Å². The van der Waals surface area contributed by atoms with E-state index in [-0.39, 0.29) is 24.0 Å². The Balaban J connectivity index is 0.00000225. The van der Waals surface area contributed by atoms with Gasteiger partial charge in [0.15, 0.2) is 5.96 Å². The van der Waals surface area contributed by atoms with Gasteiger partial charge >= 0.3 is 0 Å². The van der Waals surface area contributed by atoms with Crippen LogP contribution in [-0.4, -0.2) is 28.8 Å². The zero-order valence-corrected chi connectivity index (χ0v) is 18.1. The minimum absolute atomic E-state index is 0. The highest BCUT2D eigenvalue weighted by Gasteiger charge is 2.34. The van der Waals surface area contributed by atoms with Crippen molar-refractivity contribution in [2.45, 2.75) is 77.8 Å².